The van der Waals surface area contributed by atoms with Crippen LogP contribution in [0.4, 0.5) is 4.79 Å². The summed E-state index contributed by atoms with van der Waals surface area (Å²) in [7, 11) is 0. The van der Waals surface area contributed by atoms with Gasteiger partial charge in [-0.3, -0.25) is 4.79 Å². The first-order valence-corrected chi connectivity index (χ1v) is 9.01. The van der Waals surface area contributed by atoms with Crippen molar-refractivity contribution in [2.24, 2.45) is 5.92 Å². The number of carboxylic acid groups (broad SMARTS) is 1. The van der Waals surface area contributed by atoms with Gasteiger partial charge in [0.15, 0.2) is 0 Å². The number of hydrogen-bond donors (Lipinski definition) is 2. The fourth-order valence-corrected chi connectivity index (χ4v) is 3.63. The number of carbonyl (C=O) groups excluding carboxylic acids is 1. The summed E-state index contributed by atoms with van der Waals surface area (Å²) in [4.78, 5) is 25.5. The van der Waals surface area contributed by atoms with Crippen molar-refractivity contribution < 1.29 is 19.4 Å². The largest absolute Gasteiger partial charge is 0.481 e. The molecule has 25 heavy (non-hydrogen) atoms. The van der Waals surface area contributed by atoms with Gasteiger partial charge >= 0.3 is 12.0 Å². The number of nitrogens with one attached hydrogen (secondary N) is 1. The molecule has 2 saturated heterocycles. The van der Waals surface area contributed by atoms with Crippen molar-refractivity contribution in [2.75, 3.05) is 19.7 Å². The van der Waals surface area contributed by atoms with Crippen LogP contribution in [0.3, 0.4) is 0 Å². The van der Waals surface area contributed by atoms with Crippen molar-refractivity contribution in [3.05, 3.63) is 35.4 Å². The number of carboxylic acids is 1. The van der Waals surface area contributed by atoms with Crippen LogP contribution in [-0.2, 0) is 9.53 Å². The van der Waals surface area contributed by atoms with Gasteiger partial charge < -0.3 is 20.1 Å². The van der Waals surface area contributed by atoms with Crippen LogP contribution in [0.25, 0.3) is 0 Å². The van der Waals surface area contributed by atoms with E-state index in [0.29, 0.717) is 19.6 Å². The molecular weight excluding hydrogens is 320 g/mol. The summed E-state index contributed by atoms with van der Waals surface area (Å²) in [5.74, 6) is -1.29. The molecule has 2 amide bonds. The highest BCUT2D eigenvalue weighted by Crippen LogP contribution is 2.29. The van der Waals surface area contributed by atoms with Crippen LogP contribution in [-0.4, -0.2) is 47.7 Å². The lowest BCUT2D eigenvalue weighted by atomic mass is 9.95. The molecule has 0 aliphatic carbocycles. The molecule has 2 aliphatic rings. The highest BCUT2D eigenvalue weighted by atomic mass is 16.5. The highest BCUT2D eigenvalue weighted by Gasteiger charge is 2.32. The lowest BCUT2D eigenvalue weighted by Gasteiger charge is -2.36. The zero-order valence-corrected chi connectivity index (χ0v) is 14.6. The van der Waals surface area contributed by atoms with Crippen molar-refractivity contribution in [3.63, 3.8) is 0 Å². The molecule has 136 valence electrons. The number of hydrogen-bond acceptors (Lipinski definition) is 3. The Morgan fingerprint density at radius 3 is 2.68 bits per heavy atom. The number of aryl methyl sites for hydroxylation is 1. The molecule has 0 bridgehead atoms. The van der Waals surface area contributed by atoms with E-state index in [-0.39, 0.29) is 24.7 Å². The predicted molar refractivity (Wildman–Crippen MR) is 93.4 cm³/mol. The van der Waals surface area contributed by atoms with E-state index in [0.717, 1.165) is 24.8 Å². The molecule has 2 heterocycles. The molecule has 2 fully saturated rings. The summed E-state index contributed by atoms with van der Waals surface area (Å²) in [6.07, 6.45) is 2.98. The van der Waals surface area contributed by atoms with Gasteiger partial charge in [0, 0.05) is 19.7 Å². The minimum absolute atomic E-state index is 0.0887. The van der Waals surface area contributed by atoms with Crippen LogP contribution in [0.2, 0.25) is 0 Å². The number of nitrogens with zero attached hydrogens (tertiary/aromatic N) is 1. The van der Waals surface area contributed by atoms with Gasteiger partial charge in [0.05, 0.1) is 12.0 Å². The third kappa shape index (κ3) is 4.31. The second-order valence-corrected chi connectivity index (χ2v) is 7.02. The molecule has 0 radical (unpaired) electrons. The van der Waals surface area contributed by atoms with E-state index in [9.17, 15) is 14.7 Å². The fourth-order valence-electron chi connectivity index (χ4n) is 3.63. The molecule has 3 atom stereocenters. The Labute approximate surface area is 148 Å². The maximum atomic E-state index is 12.6. The molecule has 3 unspecified atom stereocenters. The second kappa shape index (κ2) is 7.87. The van der Waals surface area contributed by atoms with Crippen molar-refractivity contribution in [2.45, 2.75) is 44.8 Å². The topological polar surface area (TPSA) is 78.9 Å². The summed E-state index contributed by atoms with van der Waals surface area (Å²) in [6.45, 7) is 3.62. The molecule has 1 aromatic rings. The van der Waals surface area contributed by atoms with Gasteiger partial charge in [-0.25, -0.2) is 4.79 Å². The third-order valence-electron chi connectivity index (χ3n) is 5.09. The van der Waals surface area contributed by atoms with Gasteiger partial charge in [-0.15, -0.1) is 0 Å². The summed E-state index contributed by atoms with van der Waals surface area (Å²) >= 11 is 0. The molecule has 0 spiro atoms. The van der Waals surface area contributed by atoms with Crippen LogP contribution < -0.4 is 5.32 Å². The minimum Gasteiger partial charge on any atom is -0.481 e. The zero-order valence-electron chi connectivity index (χ0n) is 14.6. The lowest BCUT2D eigenvalue weighted by Crippen LogP contribution is -2.52. The average molecular weight is 346 g/mol. The molecular formula is C19H26N2O4. The number of carbonyl (C=O) groups is 2. The molecule has 2 aliphatic heterocycles. The first kappa shape index (κ1) is 17.7. The van der Waals surface area contributed by atoms with Crippen molar-refractivity contribution in [1.82, 2.24) is 10.2 Å². The van der Waals surface area contributed by atoms with E-state index >= 15 is 0 Å². The molecule has 1 aromatic carbocycles. The number of ether oxygens (including phenoxy) is 1. The van der Waals surface area contributed by atoms with Crippen LogP contribution in [0.5, 0.6) is 0 Å². The predicted octanol–water partition coefficient (Wildman–Crippen LogP) is 2.72. The van der Waals surface area contributed by atoms with Crippen LogP contribution in [0.1, 0.15) is 42.9 Å². The quantitative estimate of drug-likeness (QED) is 0.882. The Morgan fingerprint density at radius 2 is 1.96 bits per heavy atom. The normalized spacial score (nSPS) is 26.9. The Kier molecular flexibility index (Phi) is 5.58. The van der Waals surface area contributed by atoms with Gasteiger partial charge in [-0.1, -0.05) is 29.8 Å². The number of benzene rings is 1. The average Bonchev–Trinajstić information content (AvgIpc) is 2.63. The number of likely N-dealkylation sites (tertiary alicyclic amines) is 1. The molecule has 3 rings (SSSR count). The van der Waals surface area contributed by atoms with E-state index in [1.165, 1.54) is 5.56 Å². The van der Waals surface area contributed by atoms with Crippen molar-refractivity contribution in [3.8, 4) is 0 Å². The standard InChI is InChI=1S/C19H26N2O4/c1-13-6-8-14(9-7-13)17-16(5-3-11-25-17)20-19(24)21-10-2-4-15(12-21)18(22)23/h6-9,15-17H,2-5,10-12H2,1H3,(H,20,24)(H,22,23). The van der Waals surface area contributed by atoms with E-state index in [1.54, 1.807) is 4.90 Å². The highest BCUT2D eigenvalue weighted by molar-refractivity contribution is 5.77. The zero-order chi connectivity index (χ0) is 17.8. The summed E-state index contributed by atoms with van der Waals surface area (Å²) < 4.78 is 5.94. The Hall–Kier alpha value is -2.08. The molecule has 6 heteroatoms. The number of aliphatic carboxylic acids is 1. The molecule has 0 aromatic heterocycles. The monoisotopic (exact) mass is 346 g/mol. The number of piperidine rings is 1. The Balaban J connectivity index is 1.65. The van der Waals surface area contributed by atoms with Gasteiger partial charge in [0.2, 0.25) is 0 Å². The van der Waals surface area contributed by atoms with E-state index in [2.05, 4.69) is 5.32 Å². The number of amides is 2. The van der Waals surface area contributed by atoms with Gasteiger partial charge in [0.25, 0.3) is 0 Å². The first-order valence-electron chi connectivity index (χ1n) is 9.01. The smallest absolute Gasteiger partial charge is 0.317 e. The molecule has 2 N–H and O–H groups in total. The number of rotatable bonds is 3. The van der Waals surface area contributed by atoms with Crippen LogP contribution >= 0.6 is 0 Å². The maximum Gasteiger partial charge on any atom is 0.317 e. The van der Waals surface area contributed by atoms with Crippen molar-refractivity contribution >= 4 is 12.0 Å². The lowest BCUT2D eigenvalue weighted by molar-refractivity contribution is -0.143. The maximum absolute atomic E-state index is 12.6. The molecule has 0 saturated carbocycles. The van der Waals surface area contributed by atoms with E-state index < -0.39 is 11.9 Å². The molecule has 6 nitrogen and oxygen atoms in total. The third-order valence-corrected chi connectivity index (χ3v) is 5.09. The van der Waals surface area contributed by atoms with Gasteiger partial charge in [0.1, 0.15) is 6.10 Å². The van der Waals surface area contributed by atoms with E-state index in [4.69, 9.17) is 4.74 Å². The van der Waals surface area contributed by atoms with Crippen molar-refractivity contribution in [1.29, 1.82) is 0 Å². The fraction of sp³-hybridized carbons (Fsp3) is 0.579. The minimum atomic E-state index is -0.823. The summed E-state index contributed by atoms with van der Waals surface area (Å²) in [5, 5.41) is 12.3. The Bertz CT molecular complexity index is 616. The van der Waals surface area contributed by atoms with Crippen LogP contribution in [0, 0.1) is 12.8 Å². The first-order chi connectivity index (χ1) is 12.0. The SMILES string of the molecule is Cc1ccc(C2OCCCC2NC(=O)N2CCCC(C(=O)O)C2)cc1. The van der Waals surface area contributed by atoms with Crippen LogP contribution in [0.15, 0.2) is 24.3 Å². The Morgan fingerprint density at radius 1 is 1.20 bits per heavy atom. The van der Waals surface area contributed by atoms with Gasteiger partial charge in [-0.2, -0.15) is 0 Å². The number of urea groups is 1. The van der Waals surface area contributed by atoms with Gasteiger partial charge in [-0.05, 0) is 38.2 Å². The van der Waals surface area contributed by atoms with E-state index in [1.807, 2.05) is 31.2 Å². The second-order valence-electron chi connectivity index (χ2n) is 7.02. The summed E-state index contributed by atoms with van der Waals surface area (Å²) in [6, 6.07) is 7.92. The summed E-state index contributed by atoms with van der Waals surface area (Å²) in [5.41, 5.74) is 2.26.